The molecular formula is C17H28O9. The second kappa shape index (κ2) is 17.3. The van der Waals surface area contributed by atoms with Crippen LogP contribution in [0.1, 0.15) is 27.2 Å². The van der Waals surface area contributed by atoms with Crippen molar-refractivity contribution in [3.05, 3.63) is 36.0 Å². The van der Waals surface area contributed by atoms with E-state index in [2.05, 4.69) is 13.2 Å². The van der Waals surface area contributed by atoms with E-state index >= 15 is 0 Å². The number of epoxide rings is 1. The Hall–Kier alpha value is -2.49. The van der Waals surface area contributed by atoms with Crippen molar-refractivity contribution in [1.82, 2.24) is 0 Å². The fraction of sp³-hybridized carbons (Fsp3) is 0.471. The molecule has 26 heavy (non-hydrogen) atoms. The molecule has 1 atom stereocenters. The molecule has 0 aromatic rings. The van der Waals surface area contributed by atoms with Crippen molar-refractivity contribution in [2.24, 2.45) is 0 Å². The molecular weight excluding hydrogens is 348 g/mol. The highest BCUT2D eigenvalue weighted by Gasteiger charge is 2.20. The molecule has 0 aliphatic carbocycles. The number of ether oxygens (including phenoxy) is 1. The number of aliphatic carboxylic acids is 3. The molecule has 0 aromatic heterocycles. The third kappa shape index (κ3) is 26.4. The van der Waals surface area contributed by atoms with E-state index in [-0.39, 0.29) is 30.5 Å². The first-order valence-electron chi connectivity index (χ1n) is 7.41. The van der Waals surface area contributed by atoms with E-state index in [4.69, 9.17) is 30.3 Å². The summed E-state index contributed by atoms with van der Waals surface area (Å²) in [5.74, 6) is -2.72. The highest BCUT2D eigenvalue weighted by molar-refractivity contribution is 5.86. The maximum atomic E-state index is 10.2. The molecule has 0 spiro atoms. The van der Waals surface area contributed by atoms with Gasteiger partial charge in [-0.05, 0) is 27.2 Å². The van der Waals surface area contributed by atoms with Gasteiger partial charge in [-0.25, -0.2) is 14.4 Å². The number of carboxylic acid groups (broad SMARTS) is 3. The van der Waals surface area contributed by atoms with E-state index in [9.17, 15) is 14.4 Å². The van der Waals surface area contributed by atoms with Crippen LogP contribution in [0.25, 0.3) is 0 Å². The van der Waals surface area contributed by atoms with E-state index in [0.29, 0.717) is 5.57 Å². The van der Waals surface area contributed by atoms with Gasteiger partial charge >= 0.3 is 17.9 Å². The van der Waals surface area contributed by atoms with Crippen LogP contribution >= 0.6 is 0 Å². The number of aliphatic hydroxyl groups excluding tert-OH is 2. The summed E-state index contributed by atoms with van der Waals surface area (Å²) in [6.07, 6.45) is 2.72. The predicted molar refractivity (Wildman–Crippen MR) is 94.8 cm³/mol. The summed E-state index contributed by atoms with van der Waals surface area (Å²) in [7, 11) is 0. The minimum absolute atomic E-state index is 0.125. The average Bonchev–Trinajstić information content (AvgIpc) is 3.38. The standard InChI is InChI=1S/C7H10O3.2C4H6O2.C2H6O2/c1-5(7(8)9)2-3-6-4-10-6;2*1-3(2)4(5)6;3-1-2-4/h2,6H,3-4H2,1H3,(H,8,9);2*1H2,2H3,(H,5,6);3-4H,1-2H2. The molecule has 1 aliphatic heterocycles. The van der Waals surface area contributed by atoms with E-state index < -0.39 is 17.9 Å². The molecule has 0 aromatic carbocycles. The summed E-state index contributed by atoms with van der Waals surface area (Å²) in [5, 5.41) is 39.4. The van der Waals surface area contributed by atoms with E-state index in [1.54, 1.807) is 13.0 Å². The lowest BCUT2D eigenvalue weighted by Gasteiger charge is -1.89. The first-order valence-corrected chi connectivity index (χ1v) is 7.41. The minimum Gasteiger partial charge on any atom is -0.478 e. The topological polar surface area (TPSA) is 165 Å². The fourth-order valence-corrected chi connectivity index (χ4v) is 0.600. The SMILES string of the molecule is C=C(C)C(=O)O.C=C(C)C(=O)O.CC(=CCC1CO1)C(=O)O.OCCO. The van der Waals surface area contributed by atoms with E-state index in [1.807, 2.05) is 0 Å². The highest BCUT2D eigenvalue weighted by Crippen LogP contribution is 2.14. The first-order chi connectivity index (χ1) is 11.9. The predicted octanol–water partition coefficient (Wildman–Crippen LogP) is 1.07. The van der Waals surface area contributed by atoms with Crippen LogP contribution in [0.5, 0.6) is 0 Å². The highest BCUT2D eigenvalue weighted by atomic mass is 16.6. The van der Waals surface area contributed by atoms with Gasteiger partial charge in [0.15, 0.2) is 0 Å². The van der Waals surface area contributed by atoms with Crippen LogP contribution in [0, 0.1) is 0 Å². The normalized spacial score (nSPS) is 14.0. The molecule has 1 rings (SSSR count). The number of hydrogen-bond acceptors (Lipinski definition) is 6. The van der Waals surface area contributed by atoms with Crippen LogP contribution in [-0.2, 0) is 19.1 Å². The van der Waals surface area contributed by atoms with Crippen LogP contribution in [0.2, 0.25) is 0 Å². The maximum Gasteiger partial charge on any atom is 0.330 e. The zero-order valence-corrected chi connectivity index (χ0v) is 15.3. The second-order valence-corrected chi connectivity index (χ2v) is 5.00. The smallest absolute Gasteiger partial charge is 0.330 e. The van der Waals surface area contributed by atoms with Gasteiger partial charge in [-0.3, -0.25) is 0 Å². The van der Waals surface area contributed by atoms with Gasteiger partial charge in [0.05, 0.1) is 25.9 Å². The van der Waals surface area contributed by atoms with Gasteiger partial charge in [0, 0.05) is 16.7 Å². The van der Waals surface area contributed by atoms with Crippen molar-refractivity contribution in [3.63, 3.8) is 0 Å². The molecule has 1 unspecified atom stereocenters. The van der Waals surface area contributed by atoms with Gasteiger partial charge in [0.2, 0.25) is 0 Å². The lowest BCUT2D eigenvalue weighted by atomic mass is 10.2. The van der Waals surface area contributed by atoms with Crippen molar-refractivity contribution in [3.8, 4) is 0 Å². The Bertz CT molecular complexity index is 452. The third-order valence-corrected chi connectivity index (χ3v) is 2.26. The Morgan fingerprint density at radius 3 is 1.38 bits per heavy atom. The monoisotopic (exact) mass is 376 g/mol. The Kier molecular flexibility index (Phi) is 18.9. The van der Waals surface area contributed by atoms with Crippen molar-refractivity contribution in [2.45, 2.75) is 33.3 Å². The summed E-state index contributed by atoms with van der Waals surface area (Å²) in [4.78, 5) is 29.4. The lowest BCUT2D eigenvalue weighted by molar-refractivity contribution is -0.133. The van der Waals surface area contributed by atoms with Crippen molar-refractivity contribution < 1.29 is 44.7 Å². The van der Waals surface area contributed by atoms with Crippen molar-refractivity contribution in [2.75, 3.05) is 19.8 Å². The third-order valence-electron chi connectivity index (χ3n) is 2.26. The molecule has 1 heterocycles. The second-order valence-electron chi connectivity index (χ2n) is 5.00. The number of carbonyl (C=O) groups is 3. The quantitative estimate of drug-likeness (QED) is 0.337. The summed E-state index contributed by atoms with van der Waals surface area (Å²) in [6, 6.07) is 0. The molecule has 1 aliphatic rings. The van der Waals surface area contributed by atoms with Crippen molar-refractivity contribution >= 4 is 17.9 Å². The van der Waals surface area contributed by atoms with Gasteiger partial charge in [-0.15, -0.1) is 0 Å². The van der Waals surface area contributed by atoms with Gasteiger partial charge in [0.25, 0.3) is 0 Å². The summed E-state index contributed by atoms with van der Waals surface area (Å²) < 4.78 is 4.90. The van der Waals surface area contributed by atoms with Crippen molar-refractivity contribution in [1.29, 1.82) is 0 Å². The number of aliphatic hydroxyl groups is 2. The van der Waals surface area contributed by atoms with Crippen LogP contribution < -0.4 is 0 Å². The van der Waals surface area contributed by atoms with Crippen LogP contribution in [-0.4, -0.2) is 69.4 Å². The largest absolute Gasteiger partial charge is 0.478 e. The molecule has 0 saturated carbocycles. The summed E-state index contributed by atoms with van der Waals surface area (Å²) in [5.41, 5.74) is 0.750. The summed E-state index contributed by atoms with van der Waals surface area (Å²) in [6.45, 7) is 11.3. The van der Waals surface area contributed by atoms with Gasteiger partial charge < -0.3 is 30.3 Å². The fourth-order valence-electron chi connectivity index (χ4n) is 0.600. The molecule has 9 nitrogen and oxygen atoms in total. The minimum atomic E-state index is -0.935. The number of carboxylic acids is 3. The zero-order chi connectivity index (χ0) is 21.3. The molecule has 0 amide bonds. The Morgan fingerprint density at radius 1 is 0.923 bits per heavy atom. The molecule has 5 N–H and O–H groups in total. The number of hydrogen-bond donors (Lipinski definition) is 5. The Balaban J connectivity index is -0.000000290. The summed E-state index contributed by atoms with van der Waals surface area (Å²) >= 11 is 0. The Labute approximate surface area is 152 Å². The van der Waals surface area contributed by atoms with Gasteiger partial charge in [-0.2, -0.15) is 0 Å². The van der Waals surface area contributed by atoms with Gasteiger partial charge in [-0.1, -0.05) is 19.2 Å². The Morgan fingerprint density at radius 2 is 1.23 bits per heavy atom. The molecule has 0 radical (unpaired) electrons. The first kappa shape index (κ1) is 28.3. The zero-order valence-electron chi connectivity index (χ0n) is 15.3. The van der Waals surface area contributed by atoms with Crippen LogP contribution in [0.15, 0.2) is 36.0 Å². The van der Waals surface area contributed by atoms with Crippen LogP contribution in [0.4, 0.5) is 0 Å². The van der Waals surface area contributed by atoms with Gasteiger partial charge in [0.1, 0.15) is 0 Å². The molecule has 1 saturated heterocycles. The molecule has 150 valence electrons. The maximum absolute atomic E-state index is 10.2. The molecule has 0 bridgehead atoms. The van der Waals surface area contributed by atoms with Crippen LogP contribution in [0.3, 0.4) is 0 Å². The van der Waals surface area contributed by atoms with E-state index in [1.165, 1.54) is 13.8 Å². The molecule has 1 fully saturated rings. The molecule has 9 heteroatoms. The van der Waals surface area contributed by atoms with E-state index in [0.717, 1.165) is 13.0 Å². The number of rotatable bonds is 6. The average molecular weight is 376 g/mol. The lowest BCUT2D eigenvalue weighted by Crippen LogP contribution is -1.96.